The summed E-state index contributed by atoms with van der Waals surface area (Å²) in [5.41, 5.74) is 5.70. The highest BCUT2D eigenvalue weighted by molar-refractivity contribution is 5.69. The minimum atomic E-state index is -0.253. The number of esters is 1. The van der Waals surface area contributed by atoms with E-state index < -0.39 is 0 Å². The molecule has 0 atom stereocenters. The van der Waals surface area contributed by atoms with Gasteiger partial charge in [0.25, 0.3) is 0 Å². The van der Waals surface area contributed by atoms with Gasteiger partial charge in [0.2, 0.25) is 0 Å². The molecule has 158 valence electrons. The number of hydrogen-bond acceptors (Lipinski definition) is 3. The quantitative estimate of drug-likeness (QED) is 0.451. The number of ether oxygens (including phenoxy) is 2. The molecule has 3 nitrogen and oxygen atoms in total. The van der Waals surface area contributed by atoms with Gasteiger partial charge in [-0.3, -0.25) is 4.79 Å². The van der Waals surface area contributed by atoms with Crippen LogP contribution in [0, 0.1) is 37.5 Å². The third kappa shape index (κ3) is 3.23. The highest BCUT2D eigenvalue weighted by Crippen LogP contribution is 2.64. The zero-order valence-electron chi connectivity index (χ0n) is 18.5. The lowest BCUT2D eigenvalue weighted by molar-refractivity contribution is -0.131. The second-order valence-electron chi connectivity index (χ2n) is 9.87. The highest BCUT2D eigenvalue weighted by Gasteiger charge is 2.53. The highest BCUT2D eigenvalue weighted by atomic mass is 16.5. The van der Waals surface area contributed by atoms with E-state index in [0.717, 1.165) is 35.3 Å². The standard InChI is InChI=1S/C27H32O3/c1-15-9-22(29-4)5-7-24(15)26-18-11-20-13-19(26)14-21(12-18)27(20)25-8-6-23(10-16(25)2)30-17(3)28/h5-10,18-21,26-27H,11-14H2,1-4H3. The van der Waals surface area contributed by atoms with Crippen LogP contribution in [-0.4, -0.2) is 13.1 Å². The van der Waals surface area contributed by atoms with Gasteiger partial charge in [0.05, 0.1) is 7.11 Å². The minimum Gasteiger partial charge on any atom is -0.497 e. The van der Waals surface area contributed by atoms with Gasteiger partial charge in [-0.15, -0.1) is 0 Å². The van der Waals surface area contributed by atoms with Crippen molar-refractivity contribution in [2.45, 2.75) is 58.3 Å². The molecule has 4 bridgehead atoms. The predicted octanol–water partition coefficient (Wildman–Crippen LogP) is 6.17. The van der Waals surface area contributed by atoms with E-state index >= 15 is 0 Å². The number of methoxy groups -OCH3 is 1. The minimum absolute atomic E-state index is 0.253. The average Bonchev–Trinajstić information content (AvgIpc) is 2.68. The molecule has 6 rings (SSSR count). The molecule has 3 heteroatoms. The normalized spacial score (nSPS) is 31.6. The first-order valence-corrected chi connectivity index (χ1v) is 11.4. The molecule has 0 spiro atoms. The first-order valence-electron chi connectivity index (χ1n) is 11.4. The van der Waals surface area contributed by atoms with E-state index in [1.54, 1.807) is 12.7 Å². The zero-order valence-corrected chi connectivity index (χ0v) is 18.5. The third-order valence-electron chi connectivity index (χ3n) is 8.15. The summed E-state index contributed by atoms with van der Waals surface area (Å²) in [6, 6.07) is 12.9. The van der Waals surface area contributed by atoms with E-state index in [1.807, 2.05) is 12.1 Å². The van der Waals surface area contributed by atoms with Gasteiger partial charge in [-0.25, -0.2) is 0 Å². The molecule has 4 aliphatic rings. The van der Waals surface area contributed by atoms with Crippen LogP contribution in [0.3, 0.4) is 0 Å². The summed E-state index contributed by atoms with van der Waals surface area (Å²) in [6.45, 7) is 5.89. The molecular formula is C27H32O3. The Morgan fingerprint density at radius 3 is 1.60 bits per heavy atom. The Labute approximate surface area is 179 Å². The van der Waals surface area contributed by atoms with Crippen molar-refractivity contribution in [3.8, 4) is 11.5 Å². The lowest BCUT2D eigenvalue weighted by Gasteiger charge is -2.59. The van der Waals surface area contributed by atoms with E-state index in [0.29, 0.717) is 11.7 Å². The molecule has 0 heterocycles. The van der Waals surface area contributed by atoms with Gasteiger partial charge in [0.15, 0.2) is 0 Å². The molecule has 0 aromatic heterocycles. The van der Waals surface area contributed by atoms with E-state index in [1.165, 1.54) is 49.3 Å². The van der Waals surface area contributed by atoms with Crippen LogP contribution in [0.15, 0.2) is 36.4 Å². The number of rotatable bonds is 4. The second-order valence-corrected chi connectivity index (χ2v) is 9.87. The number of benzene rings is 2. The molecule has 0 amide bonds. The maximum Gasteiger partial charge on any atom is 0.308 e. The van der Waals surface area contributed by atoms with Gasteiger partial charge in [-0.1, -0.05) is 12.1 Å². The Kier molecular flexibility index (Phi) is 4.88. The lowest BCUT2D eigenvalue weighted by Crippen LogP contribution is -2.48. The molecule has 30 heavy (non-hydrogen) atoms. The smallest absolute Gasteiger partial charge is 0.308 e. The van der Waals surface area contributed by atoms with Gasteiger partial charge in [-0.05, 0) is 122 Å². The van der Waals surface area contributed by atoms with Crippen LogP contribution in [0.25, 0.3) is 0 Å². The number of carbonyl (C=O) groups is 1. The van der Waals surface area contributed by atoms with E-state index in [-0.39, 0.29) is 5.97 Å². The van der Waals surface area contributed by atoms with Crippen molar-refractivity contribution in [2.75, 3.05) is 7.11 Å². The molecule has 2 aromatic carbocycles. The average molecular weight is 405 g/mol. The van der Waals surface area contributed by atoms with Crippen molar-refractivity contribution in [3.05, 3.63) is 58.7 Å². The van der Waals surface area contributed by atoms with Crippen LogP contribution >= 0.6 is 0 Å². The van der Waals surface area contributed by atoms with Crippen molar-refractivity contribution in [1.82, 2.24) is 0 Å². The molecule has 0 N–H and O–H groups in total. The summed E-state index contributed by atoms with van der Waals surface area (Å²) in [7, 11) is 1.75. The fraction of sp³-hybridized carbons (Fsp3) is 0.519. The molecule has 0 saturated heterocycles. The monoisotopic (exact) mass is 404 g/mol. The van der Waals surface area contributed by atoms with E-state index in [4.69, 9.17) is 9.47 Å². The first kappa shape index (κ1) is 19.7. The molecule has 4 fully saturated rings. The molecule has 4 aliphatic carbocycles. The van der Waals surface area contributed by atoms with Gasteiger partial charge < -0.3 is 9.47 Å². The summed E-state index contributed by atoms with van der Waals surface area (Å²) >= 11 is 0. The first-order chi connectivity index (χ1) is 14.4. The zero-order chi connectivity index (χ0) is 21.0. The van der Waals surface area contributed by atoms with Crippen LogP contribution in [0.4, 0.5) is 0 Å². The van der Waals surface area contributed by atoms with Crippen LogP contribution in [0.5, 0.6) is 11.5 Å². The molecule has 2 aromatic rings. The Morgan fingerprint density at radius 2 is 1.20 bits per heavy atom. The van der Waals surface area contributed by atoms with Crippen LogP contribution < -0.4 is 9.47 Å². The summed E-state index contributed by atoms with van der Waals surface area (Å²) in [6.07, 6.45) is 5.38. The van der Waals surface area contributed by atoms with Crippen molar-refractivity contribution < 1.29 is 14.3 Å². The van der Waals surface area contributed by atoms with Crippen molar-refractivity contribution in [1.29, 1.82) is 0 Å². The van der Waals surface area contributed by atoms with Crippen molar-refractivity contribution in [3.63, 3.8) is 0 Å². The predicted molar refractivity (Wildman–Crippen MR) is 118 cm³/mol. The van der Waals surface area contributed by atoms with E-state index in [2.05, 4.69) is 38.1 Å². The largest absolute Gasteiger partial charge is 0.497 e. The maximum atomic E-state index is 11.3. The van der Waals surface area contributed by atoms with Crippen molar-refractivity contribution >= 4 is 5.97 Å². The molecule has 0 unspecified atom stereocenters. The third-order valence-corrected chi connectivity index (χ3v) is 8.15. The number of hydrogen-bond donors (Lipinski definition) is 0. The molecule has 0 radical (unpaired) electrons. The van der Waals surface area contributed by atoms with Crippen LogP contribution in [0.1, 0.15) is 66.7 Å². The van der Waals surface area contributed by atoms with Gasteiger partial charge in [-0.2, -0.15) is 0 Å². The van der Waals surface area contributed by atoms with Gasteiger partial charge >= 0.3 is 5.97 Å². The van der Waals surface area contributed by atoms with E-state index in [9.17, 15) is 4.79 Å². The lowest BCUT2D eigenvalue weighted by atomic mass is 9.46. The molecule has 0 aliphatic heterocycles. The summed E-state index contributed by atoms with van der Waals surface area (Å²) in [4.78, 5) is 11.3. The maximum absolute atomic E-state index is 11.3. The van der Waals surface area contributed by atoms with Crippen LogP contribution in [0.2, 0.25) is 0 Å². The SMILES string of the molecule is COc1ccc(C2C3CC4CC2CC(C3)C4c2ccc(OC(C)=O)cc2C)c(C)c1. The second kappa shape index (κ2) is 7.44. The Hall–Kier alpha value is -2.29. The topological polar surface area (TPSA) is 35.5 Å². The summed E-state index contributed by atoms with van der Waals surface area (Å²) < 4.78 is 10.7. The summed E-state index contributed by atoms with van der Waals surface area (Å²) in [5, 5.41) is 0. The Morgan fingerprint density at radius 1 is 0.767 bits per heavy atom. The fourth-order valence-corrected chi connectivity index (χ4v) is 7.30. The van der Waals surface area contributed by atoms with Crippen LogP contribution in [-0.2, 0) is 4.79 Å². The molecule has 4 saturated carbocycles. The Bertz CT molecular complexity index is 946. The van der Waals surface area contributed by atoms with Gasteiger partial charge in [0.1, 0.15) is 11.5 Å². The van der Waals surface area contributed by atoms with Gasteiger partial charge in [0, 0.05) is 6.92 Å². The van der Waals surface area contributed by atoms with Crippen molar-refractivity contribution in [2.24, 2.45) is 23.7 Å². The molecular weight excluding hydrogens is 372 g/mol. The Balaban J connectivity index is 1.39. The summed E-state index contributed by atoms with van der Waals surface area (Å²) in [5.74, 6) is 5.99. The number of carbonyl (C=O) groups excluding carboxylic acids is 1. The fourth-order valence-electron chi connectivity index (χ4n) is 7.30. The number of aryl methyl sites for hydroxylation is 2.